The first kappa shape index (κ1) is 17.8. The van der Waals surface area contributed by atoms with Crippen LogP contribution in [0.15, 0.2) is 58.7 Å². The van der Waals surface area contributed by atoms with E-state index >= 15 is 0 Å². The normalized spacial score (nSPS) is 24.9. The fraction of sp³-hybridized carbons (Fsp3) is 0.222. The van der Waals surface area contributed by atoms with E-state index < -0.39 is 45.9 Å². The van der Waals surface area contributed by atoms with Crippen LogP contribution in [0.2, 0.25) is 5.02 Å². The van der Waals surface area contributed by atoms with Crippen LogP contribution in [0.1, 0.15) is 16.8 Å². The van der Waals surface area contributed by atoms with Crippen LogP contribution >= 0.6 is 11.6 Å². The van der Waals surface area contributed by atoms with Crippen molar-refractivity contribution in [1.82, 2.24) is 10.2 Å². The summed E-state index contributed by atoms with van der Waals surface area (Å²) in [6.45, 7) is 0.401. The van der Waals surface area contributed by atoms with Crippen molar-refractivity contribution in [3.05, 3.63) is 69.3 Å². The Morgan fingerprint density at radius 1 is 1.19 bits per heavy atom. The molecular formula is C18H12ClF3N2O3. The van der Waals surface area contributed by atoms with Gasteiger partial charge in [0, 0.05) is 23.7 Å². The minimum absolute atomic E-state index is 0.0297. The molecule has 5 nitrogen and oxygen atoms in total. The van der Waals surface area contributed by atoms with E-state index in [2.05, 4.69) is 5.32 Å². The van der Waals surface area contributed by atoms with Crippen molar-refractivity contribution < 1.29 is 27.9 Å². The SMILES string of the molecule is O=C1C(F)=C(F)C2(O)C(=C1F)C(C(=O)c1ccc(Cl)cc1)=C1NCCCN12. The van der Waals surface area contributed by atoms with E-state index in [1.165, 1.54) is 24.3 Å². The molecule has 4 rings (SSSR count). The van der Waals surface area contributed by atoms with E-state index in [-0.39, 0.29) is 17.9 Å². The van der Waals surface area contributed by atoms with E-state index in [1.54, 1.807) is 0 Å². The number of nitrogens with zero attached hydrogens (tertiary/aromatic N) is 1. The predicted molar refractivity (Wildman–Crippen MR) is 89.5 cm³/mol. The number of rotatable bonds is 2. The van der Waals surface area contributed by atoms with Gasteiger partial charge in [0.15, 0.2) is 17.4 Å². The van der Waals surface area contributed by atoms with Crippen LogP contribution < -0.4 is 5.32 Å². The molecule has 1 aromatic carbocycles. The van der Waals surface area contributed by atoms with Gasteiger partial charge in [-0.3, -0.25) is 9.59 Å². The van der Waals surface area contributed by atoms with Crippen molar-refractivity contribution in [1.29, 1.82) is 0 Å². The Morgan fingerprint density at radius 2 is 1.85 bits per heavy atom. The highest BCUT2D eigenvalue weighted by atomic mass is 35.5. The quantitative estimate of drug-likeness (QED) is 0.752. The molecule has 1 aliphatic carbocycles. The number of ketones is 2. The lowest BCUT2D eigenvalue weighted by Gasteiger charge is -2.40. The molecule has 2 N–H and O–H groups in total. The molecule has 3 aliphatic rings. The van der Waals surface area contributed by atoms with Gasteiger partial charge in [0.05, 0.1) is 11.1 Å². The zero-order valence-electron chi connectivity index (χ0n) is 13.7. The molecule has 0 bridgehead atoms. The van der Waals surface area contributed by atoms with Gasteiger partial charge in [0.1, 0.15) is 5.82 Å². The summed E-state index contributed by atoms with van der Waals surface area (Å²) in [6, 6.07) is 5.62. The van der Waals surface area contributed by atoms with Crippen molar-refractivity contribution in [2.75, 3.05) is 13.1 Å². The molecule has 1 fully saturated rings. The number of nitrogens with one attached hydrogen (secondary N) is 1. The van der Waals surface area contributed by atoms with Crippen molar-refractivity contribution in [2.24, 2.45) is 0 Å². The third kappa shape index (κ3) is 2.30. The summed E-state index contributed by atoms with van der Waals surface area (Å²) in [6.07, 6.45) is 0.423. The highest BCUT2D eigenvalue weighted by Crippen LogP contribution is 2.51. The molecule has 140 valence electrons. The number of Topliss-reactive ketones (excluding diaryl/α,β-unsaturated/α-hetero) is 2. The van der Waals surface area contributed by atoms with Gasteiger partial charge in [0.25, 0.3) is 5.78 Å². The second kappa shape index (κ2) is 5.97. The smallest absolute Gasteiger partial charge is 0.253 e. The monoisotopic (exact) mass is 396 g/mol. The second-order valence-corrected chi connectivity index (χ2v) is 6.75. The zero-order chi connectivity index (χ0) is 19.5. The van der Waals surface area contributed by atoms with Crippen molar-refractivity contribution in [3.63, 3.8) is 0 Å². The third-order valence-corrected chi connectivity index (χ3v) is 5.05. The van der Waals surface area contributed by atoms with E-state index in [1.807, 2.05) is 0 Å². The number of allylic oxidation sites excluding steroid dienone is 2. The average molecular weight is 397 g/mol. The molecule has 27 heavy (non-hydrogen) atoms. The van der Waals surface area contributed by atoms with Gasteiger partial charge in [-0.05, 0) is 30.7 Å². The number of hydrogen-bond acceptors (Lipinski definition) is 5. The summed E-state index contributed by atoms with van der Waals surface area (Å²) in [5, 5.41) is 14.1. The zero-order valence-corrected chi connectivity index (χ0v) is 14.4. The minimum atomic E-state index is -2.89. The summed E-state index contributed by atoms with van der Waals surface area (Å²) < 4.78 is 43.2. The first-order valence-electron chi connectivity index (χ1n) is 8.08. The summed E-state index contributed by atoms with van der Waals surface area (Å²) in [5.74, 6) is -8.18. The number of carbonyl (C=O) groups is 2. The van der Waals surface area contributed by atoms with E-state index in [9.17, 15) is 27.9 Å². The van der Waals surface area contributed by atoms with Gasteiger partial charge in [-0.2, -0.15) is 4.39 Å². The predicted octanol–water partition coefficient (Wildman–Crippen LogP) is 2.69. The lowest BCUT2D eigenvalue weighted by molar-refractivity contribution is -0.117. The van der Waals surface area contributed by atoms with Crippen LogP contribution in [-0.4, -0.2) is 40.4 Å². The molecule has 1 atom stereocenters. The largest absolute Gasteiger partial charge is 0.371 e. The van der Waals surface area contributed by atoms with Crippen molar-refractivity contribution >= 4 is 23.2 Å². The van der Waals surface area contributed by atoms with Crippen LogP contribution in [0.5, 0.6) is 0 Å². The third-order valence-electron chi connectivity index (χ3n) is 4.80. The Hall–Kier alpha value is -2.58. The van der Waals surface area contributed by atoms with E-state index in [4.69, 9.17) is 11.6 Å². The van der Waals surface area contributed by atoms with Crippen molar-refractivity contribution in [2.45, 2.75) is 12.1 Å². The number of carbonyl (C=O) groups excluding carboxylic acids is 2. The first-order chi connectivity index (χ1) is 12.8. The molecule has 0 spiro atoms. The van der Waals surface area contributed by atoms with Crippen LogP contribution in [0.4, 0.5) is 13.2 Å². The topological polar surface area (TPSA) is 69.6 Å². The molecular weight excluding hydrogens is 385 g/mol. The fourth-order valence-corrected chi connectivity index (χ4v) is 3.67. The number of fused-ring (bicyclic) bond motifs is 3. The van der Waals surface area contributed by atoms with E-state index in [0.717, 1.165) is 4.90 Å². The van der Waals surface area contributed by atoms with Gasteiger partial charge in [-0.1, -0.05) is 11.6 Å². The summed E-state index contributed by atoms with van der Waals surface area (Å²) in [5.41, 5.74) is -4.09. The summed E-state index contributed by atoms with van der Waals surface area (Å²) in [4.78, 5) is 25.8. The van der Waals surface area contributed by atoms with Gasteiger partial charge in [-0.15, -0.1) is 0 Å². The van der Waals surface area contributed by atoms with Gasteiger partial charge >= 0.3 is 0 Å². The molecule has 0 aromatic heterocycles. The maximum absolute atomic E-state index is 14.7. The minimum Gasteiger partial charge on any atom is -0.371 e. The van der Waals surface area contributed by atoms with Gasteiger partial charge < -0.3 is 15.3 Å². The second-order valence-electron chi connectivity index (χ2n) is 6.31. The molecule has 9 heteroatoms. The lowest BCUT2D eigenvalue weighted by atomic mass is 9.86. The van der Waals surface area contributed by atoms with Crippen LogP contribution in [0.25, 0.3) is 0 Å². The number of benzene rings is 1. The Balaban J connectivity index is 1.96. The summed E-state index contributed by atoms with van der Waals surface area (Å²) >= 11 is 5.80. The molecule has 2 aliphatic heterocycles. The number of aliphatic hydroxyl groups is 1. The molecule has 0 saturated carbocycles. The maximum atomic E-state index is 14.7. The van der Waals surface area contributed by atoms with Crippen molar-refractivity contribution in [3.8, 4) is 0 Å². The van der Waals surface area contributed by atoms with Gasteiger partial charge in [-0.25, -0.2) is 8.78 Å². The molecule has 2 heterocycles. The Bertz CT molecular complexity index is 984. The van der Waals surface area contributed by atoms with Crippen LogP contribution in [0, 0.1) is 0 Å². The molecule has 0 radical (unpaired) electrons. The van der Waals surface area contributed by atoms with Gasteiger partial charge in [0.2, 0.25) is 11.6 Å². The average Bonchev–Trinajstić information content (AvgIpc) is 2.95. The Labute approximate surface area is 156 Å². The Kier molecular flexibility index (Phi) is 3.94. The molecule has 0 amide bonds. The highest BCUT2D eigenvalue weighted by Gasteiger charge is 2.60. The number of hydrogen-bond donors (Lipinski definition) is 2. The van der Waals surface area contributed by atoms with E-state index in [0.29, 0.717) is 18.0 Å². The highest BCUT2D eigenvalue weighted by molar-refractivity contribution is 6.30. The molecule has 1 saturated heterocycles. The lowest BCUT2D eigenvalue weighted by Crippen LogP contribution is -2.53. The standard InChI is InChI=1S/C18H12ClF3N2O3/c19-9-4-2-8(3-5-9)14(25)10-11-12(20)15(26)13(21)16(22)18(11,27)24-7-1-6-23-17(10)24/h2-5,23,27H,1,6-7H2. The Morgan fingerprint density at radius 3 is 2.52 bits per heavy atom. The van der Waals surface area contributed by atoms with Crippen LogP contribution in [0.3, 0.4) is 0 Å². The molecule has 1 aromatic rings. The number of halogens is 4. The fourth-order valence-electron chi connectivity index (χ4n) is 3.55. The summed E-state index contributed by atoms with van der Waals surface area (Å²) in [7, 11) is 0. The molecule has 1 unspecified atom stereocenters. The first-order valence-corrected chi connectivity index (χ1v) is 8.45. The van der Waals surface area contributed by atoms with Crippen LogP contribution in [-0.2, 0) is 4.79 Å². The maximum Gasteiger partial charge on any atom is 0.253 e.